The number of ether oxygens (including phenoxy) is 1. The molecule has 0 N–H and O–H groups in total. The average Bonchev–Trinajstić information content (AvgIpc) is 2.69. The van der Waals surface area contributed by atoms with Crippen LogP contribution >= 0.6 is 0 Å². The van der Waals surface area contributed by atoms with Crippen molar-refractivity contribution in [3.63, 3.8) is 0 Å². The summed E-state index contributed by atoms with van der Waals surface area (Å²) in [6, 6.07) is 14.4. The third-order valence-corrected chi connectivity index (χ3v) is 5.14. The number of hydrogen-bond acceptors (Lipinski definition) is 3. The minimum Gasteiger partial charge on any atom is -0.374 e. The maximum atomic E-state index is 13.2. The quantitative estimate of drug-likeness (QED) is 0.703. The van der Waals surface area contributed by atoms with Crippen molar-refractivity contribution in [2.24, 2.45) is 5.92 Å². The predicted octanol–water partition coefficient (Wildman–Crippen LogP) is 4.13. The fourth-order valence-corrected chi connectivity index (χ4v) is 3.69. The van der Waals surface area contributed by atoms with Crippen molar-refractivity contribution in [2.75, 3.05) is 32.8 Å². The van der Waals surface area contributed by atoms with E-state index < -0.39 is 0 Å². The van der Waals surface area contributed by atoms with Gasteiger partial charge in [-0.2, -0.15) is 0 Å². The smallest absolute Gasteiger partial charge is 0.253 e. The molecular formula is C24H31FN2O2. The molecule has 4 nitrogen and oxygen atoms in total. The molecule has 0 unspecified atom stereocenters. The zero-order valence-electron chi connectivity index (χ0n) is 17.6. The minimum atomic E-state index is -0.334. The highest BCUT2D eigenvalue weighted by Crippen LogP contribution is 2.15. The molecule has 0 radical (unpaired) electrons. The number of halogens is 1. The maximum Gasteiger partial charge on any atom is 0.253 e. The van der Waals surface area contributed by atoms with Crippen molar-refractivity contribution in [2.45, 2.75) is 33.4 Å². The van der Waals surface area contributed by atoms with Gasteiger partial charge in [0, 0.05) is 38.3 Å². The van der Waals surface area contributed by atoms with Gasteiger partial charge >= 0.3 is 0 Å². The second-order valence-electron chi connectivity index (χ2n) is 8.32. The SMILES string of the molecule is Cc1ccc(CN2CCO[C@@H](CN(CC(C)C)C(=O)c3ccc(F)cc3)C2)cc1. The Morgan fingerprint density at radius 1 is 1.17 bits per heavy atom. The van der Waals surface area contributed by atoms with Crippen LogP contribution in [0.1, 0.15) is 35.3 Å². The molecule has 0 bridgehead atoms. The van der Waals surface area contributed by atoms with E-state index in [9.17, 15) is 9.18 Å². The Morgan fingerprint density at radius 2 is 1.86 bits per heavy atom. The van der Waals surface area contributed by atoms with E-state index in [1.165, 1.54) is 23.3 Å². The van der Waals surface area contributed by atoms with Gasteiger partial charge in [-0.25, -0.2) is 4.39 Å². The van der Waals surface area contributed by atoms with E-state index in [2.05, 4.69) is 49.9 Å². The zero-order valence-corrected chi connectivity index (χ0v) is 17.6. The number of aryl methyl sites for hydroxylation is 1. The van der Waals surface area contributed by atoms with Crippen LogP contribution in [0.4, 0.5) is 4.39 Å². The summed E-state index contributed by atoms with van der Waals surface area (Å²) in [7, 11) is 0. The van der Waals surface area contributed by atoms with E-state index in [4.69, 9.17) is 4.74 Å². The van der Waals surface area contributed by atoms with Crippen LogP contribution in [-0.2, 0) is 11.3 Å². The monoisotopic (exact) mass is 398 g/mol. The lowest BCUT2D eigenvalue weighted by Gasteiger charge is -2.36. The van der Waals surface area contributed by atoms with E-state index in [0.29, 0.717) is 31.2 Å². The maximum absolute atomic E-state index is 13.2. The molecule has 0 aliphatic carbocycles. The van der Waals surface area contributed by atoms with Gasteiger partial charge < -0.3 is 9.64 Å². The highest BCUT2D eigenvalue weighted by molar-refractivity contribution is 5.94. The Bertz CT molecular complexity index is 790. The first-order valence-electron chi connectivity index (χ1n) is 10.3. The highest BCUT2D eigenvalue weighted by Gasteiger charge is 2.26. The molecule has 5 heteroatoms. The lowest BCUT2D eigenvalue weighted by molar-refractivity contribution is -0.0438. The van der Waals surface area contributed by atoms with Crippen LogP contribution in [0.15, 0.2) is 48.5 Å². The topological polar surface area (TPSA) is 32.8 Å². The molecule has 1 atom stereocenters. The predicted molar refractivity (Wildman–Crippen MR) is 113 cm³/mol. The van der Waals surface area contributed by atoms with Gasteiger partial charge in [0.15, 0.2) is 0 Å². The molecule has 29 heavy (non-hydrogen) atoms. The second kappa shape index (κ2) is 9.99. The van der Waals surface area contributed by atoms with Crippen molar-refractivity contribution >= 4 is 5.91 Å². The van der Waals surface area contributed by atoms with Gasteiger partial charge in [-0.05, 0) is 42.7 Å². The number of amides is 1. The lowest BCUT2D eigenvalue weighted by atomic mass is 10.1. The van der Waals surface area contributed by atoms with Crippen LogP contribution < -0.4 is 0 Å². The zero-order chi connectivity index (χ0) is 20.8. The van der Waals surface area contributed by atoms with Crippen LogP contribution in [-0.4, -0.2) is 54.6 Å². The standard InChI is InChI=1S/C24H31FN2O2/c1-18(2)14-27(24(28)21-8-10-22(25)11-9-21)17-23-16-26(12-13-29-23)15-20-6-4-19(3)5-7-20/h4-11,18,23H,12-17H2,1-3H3/t23-/m1/s1. The molecular weight excluding hydrogens is 367 g/mol. The molecule has 1 aliphatic heterocycles. The number of carbonyl (C=O) groups excluding carboxylic acids is 1. The largest absolute Gasteiger partial charge is 0.374 e. The number of rotatable bonds is 7. The normalized spacial score (nSPS) is 17.5. The molecule has 1 aliphatic rings. The molecule has 0 spiro atoms. The van der Waals surface area contributed by atoms with E-state index in [0.717, 1.165) is 19.6 Å². The summed E-state index contributed by atoms with van der Waals surface area (Å²) in [4.78, 5) is 17.2. The summed E-state index contributed by atoms with van der Waals surface area (Å²) >= 11 is 0. The van der Waals surface area contributed by atoms with E-state index in [1.54, 1.807) is 12.1 Å². The molecule has 3 rings (SSSR count). The van der Waals surface area contributed by atoms with Crippen LogP contribution in [0.2, 0.25) is 0 Å². The van der Waals surface area contributed by atoms with Crippen LogP contribution in [0.5, 0.6) is 0 Å². The second-order valence-corrected chi connectivity index (χ2v) is 8.32. The Labute approximate surface area is 173 Å². The molecule has 156 valence electrons. The molecule has 2 aromatic rings. The van der Waals surface area contributed by atoms with Gasteiger partial charge in [0.2, 0.25) is 0 Å². The van der Waals surface area contributed by atoms with Gasteiger partial charge in [0.25, 0.3) is 5.91 Å². The van der Waals surface area contributed by atoms with Crippen LogP contribution in [0.3, 0.4) is 0 Å². The average molecular weight is 399 g/mol. The Hall–Kier alpha value is -2.24. The van der Waals surface area contributed by atoms with Crippen LogP contribution in [0, 0.1) is 18.7 Å². The molecule has 1 amide bonds. The first-order valence-corrected chi connectivity index (χ1v) is 10.3. The lowest BCUT2D eigenvalue weighted by Crippen LogP contribution is -2.49. The summed E-state index contributed by atoms with van der Waals surface area (Å²) in [5.41, 5.74) is 3.06. The van der Waals surface area contributed by atoms with E-state index in [1.807, 2.05) is 4.90 Å². The third kappa shape index (κ3) is 6.38. The van der Waals surface area contributed by atoms with Gasteiger partial charge in [-0.1, -0.05) is 43.7 Å². The molecule has 0 saturated carbocycles. The van der Waals surface area contributed by atoms with Gasteiger partial charge in [-0.3, -0.25) is 9.69 Å². The van der Waals surface area contributed by atoms with Crippen molar-refractivity contribution in [3.8, 4) is 0 Å². The Balaban J connectivity index is 1.64. The van der Waals surface area contributed by atoms with Gasteiger partial charge in [-0.15, -0.1) is 0 Å². The fraction of sp³-hybridized carbons (Fsp3) is 0.458. The Morgan fingerprint density at radius 3 is 2.52 bits per heavy atom. The molecule has 2 aromatic carbocycles. The van der Waals surface area contributed by atoms with Gasteiger partial charge in [0.05, 0.1) is 12.7 Å². The van der Waals surface area contributed by atoms with E-state index >= 15 is 0 Å². The summed E-state index contributed by atoms with van der Waals surface area (Å²) in [5.74, 6) is -0.0658. The molecule has 0 aromatic heterocycles. The van der Waals surface area contributed by atoms with Crippen LogP contribution in [0.25, 0.3) is 0 Å². The summed E-state index contributed by atoms with van der Waals surface area (Å²) in [6.45, 7) is 10.7. The number of nitrogens with zero attached hydrogens (tertiary/aromatic N) is 2. The van der Waals surface area contributed by atoms with Crippen molar-refractivity contribution in [3.05, 3.63) is 71.0 Å². The first-order chi connectivity index (χ1) is 13.9. The van der Waals surface area contributed by atoms with Crippen molar-refractivity contribution in [1.82, 2.24) is 9.80 Å². The first kappa shape index (κ1) is 21.5. The fourth-order valence-electron chi connectivity index (χ4n) is 3.69. The molecule has 1 heterocycles. The molecule has 1 saturated heterocycles. The molecule has 1 fully saturated rings. The number of morpholine rings is 1. The highest BCUT2D eigenvalue weighted by atomic mass is 19.1. The number of hydrogen-bond donors (Lipinski definition) is 0. The minimum absolute atomic E-state index is 0.0302. The number of carbonyl (C=O) groups is 1. The van der Waals surface area contributed by atoms with E-state index in [-0.39, 0.29) is 17.8 Å². The van der Waals surface area contributed by atoms with Crippen molar-refractivity contribution < 1.29 is 13.9 Å². The van der Waals surface area contributed by atoms with Crippen molar-refractivity contribution in [1.29, 1.82) is 0 Å². The summed E-state index contributed by atoms with van der Waals surface area (Å²) < 4.78 is 19.2. The summed E-state index contributed by atoms with van der Waals surface area (Å²) in [6.07, 6.45) is -0.0302. The third-order valence-electron chi connectivity index (χ3n) is 5.14. The Kier molecular flexibility index (Phi) is 7.40. The summed E-state index contributed by atoms with van der Waals surface area (Å²) in [5, 5.41) is 0. The van der Waals surface area contributed by atoms with Gasteiger partial charge in [0.1, 0.15) is 5.82 Å². The number of benzene rings is 2.